The molecule has 0 spiro atoms. The summed E-state index contributed by atoms with van der Waals surface area (Å²) in [6.45, 7) is 4.99. The molecule has 62 valence electrons. The largest absolute Gasteiger partial charge is 0.397 e. The Balaban J connectivity index is -0.0000000750. The number of aliphatic hydroxyl groups is 1. The van der Waals surface area contributed by atoms with Gasteiger partial charge in [-0.25, -0.2) is 0 Å². The zero-order valence-corrected chi connectivity index (χ0v) is 6.63. The van der Waals surface area contributed by atoms with Crippen molar-refractivity contribution in [2.45, 2.75) is 20.8 Å². The van der Waals surface area contributed by atoms with Gasteiger partial charge < -0.3 is 15.6 Å². The van der Waals surface area contributed by atoms with Crippen LogP contribution in [0.3, 0.4) is 0 Å². The molecule has 0 saturated carbocycles. The molecular weight excluding hydrogens is 134 g/mol. The fourth-order valence-corrected chi connectivity index (χ4v) is 0. The first-order valence-corrected chi connectivity index (χ1v) is 2.80. The molecule has 0 bridgehead atoms. The van der Waals surface area contributed by atoms with Crippen molar-refractivity contribution in [3.05, 3.63) is 0 Å². The lowest BCUT2D eigenvalue weighted by Crippen LogP contribution is -1.82. The number of nitrogens with two attached hydrogens (primary N) is 1. The maximum Gasteiger partial charge on any atom is 0.204 e. The molecule has 0 aliphatic heterocycles. The van der Waals surface area contributed by atoms with Crippen LogP contribution in [-0.2, 0) is 9.59 Å². The highest BCUT2D eigenvalue weighted by atomic mass is 16.2. The van der Waals surface area contributed by atoms with Gasteiger partial charge in [-0.2, -0.15) is 0 Å². The van der Waals surface area contributed by atoms with Crippen LogP contribution in [0.25, 0.3) is 0 Å². The average Bonchev–Trinajstić information content (AvgIpc) is 1.65. The summed E-state index contributed by atoms with van der Waals surface area (Å²) < 4.78 is 0. The van der Waals surface area contributed by atoms with Gasteiger partial charge in [0.25, 0.3) is 0 Å². The van der Waals surface area contributed by atoms with E-state index >= 15 is 0 Å². The SMILES string of the molecule is CC(C)=O.CCO.NC=O. The first-order valence-electron chi connectivity index (χ1n) is 2.80. The molecule has 0 heterocycles. The van der Waals surface area contributed by atoms with Crippen molar-refractivity contribution in [3.63, 3.8) is 0 Å². The molecule has 0 aromatic heterocycles. The lowest BCUT2D eigenvalue weighted by Gasteiger charge is -1.56. The number of aliphatic hydroxyl groups excluding tert-OH is 1. The molecule has 0 aromatic carbocycles. The number of ketones is 1. The van der Waals surface area contributed by atoms with E-state index in [0.717, 1.165) is 0 Å². The monoisotopic (exact) mass is 149 g/mol. The third-order valence-electron chi connectivity index (χ3n) is 0. The van der Waals surface area contributed by atoms with Crippen LogP contribution < -0.4 is 5.73 Å². The Hall–Kier alpha value is -0.900. The summed E-state index contributed by atoms with van der Waals surface area (Å²) in [5.41, 5.74) is 4.17. The summed E-state index contributed by atoms with van der Waals surface area (Å²) in [5, 5.41) is 7.57. The van der Waals surface area contributed by atoms with E-state index in [0.29, 0.717) is 0 Å². The standard InChI is InChI=1S/C3H6O.C2H6O.CH3NO/c1-3(2)4;1-2-3;2-1-3/h1-2H3;3H,2H2,1H3;1H,(H2,2,3). The average molecular weight is 149 g/mol. The second kappa shape index (κ2) is 24.3. The van der Waals surface area contributed by atoms with Crippen molar-refractivity contribution in [2.24, 2.45) is 5.73 Å². The van der Waals surface area contributed by atoms with E-state index in [2.05, 4.69) is 5.73 Å². The van der Waals surface area contributed by atoms with Gasteiger partial charge in [-0.1, -0.05) is 0 Å². The summed E-state index contributed by atoms with van der Waals surface area (Å²) in [5.74, 6) is 0.167. The van der Waals surface area contributed by atoms with Gasteiger partial charge in [0.1, 0.15) is 5.78 Å². The lowest BCUT2D eigenvalue weighted by molar-refractivity contribution is -0.115. The fourth-order valence-electron chi connectivity index (χ4n) is 0. The maximum atomic E-state index is 9.44. The van der Waals surface area contributed by atoms with E-state index < -0.39 is 0 Å². The van der Waals surface area contributed by atoms with Crippen LogP contribution in [0.2, 0.25) is 0 Å². The topological polar surface area (TPSA) is 80.4 Å². The zero-order chi connectivity index (χ0) is 8.99. The number of hydrogen-bond acceptors (Lipinski definition) is 3. The number of rotatable bonds is 0. The third kappa shape index (κ3) is 326. The van der Waals surface area contributed by atoms with Gasteiger partial charge >= 0.3 is 0 Å². The number of primary amides is 1. The predicted molar refractivity (Wildman–Crippen MR) is 39.4 cm³/mol. The van der Waals surface area contributed by atoms with E-state index in [9.17, 15) is 4.79 Å². The minimum atomic E-state index is 0.167. The smallest absolute Gasteiger partial charge is 0.204 e. The van der Waals surface area contributed by atoms with Gasteiger partial charge in [0.2, 0.25) is 6.41 Å². The van der Waals surface area contributed by atoms with Crippen molar-refractivity contribution in [1.82, 2.24) is 0 Å². The molecule has 10 heavy (non-hydrogen) atoms. The van der Waals surface area contributed by atoms with Crippen LogP contribution in [0.1, 0.15) is 20.8 Å². The second-order valence-corrected chi connectivity index (χ2v) is 1.36. The van der Waals surface area contributed by atoms with Gasteiger partial charge in [0.05, 0.1) is 0 Å². The van der Waals surface area contributed by atoms with Crippen LogP contribution in [-0.4, -0.2) is 23.9 Å². The van der Waals surface area contributed by atoms with Gasteiger partial charge in [-0.15, -0.1) is 0 Å². The van der Waals surface area contributed by atoms with Gasteiger partial charge in [0.15, 0.2) is 0 Å². The Bertz CT molecular complexity index is 69.4. The molecule has 4 heteroatoms. The number of hydrogen-bond donors (Lipinski definition) is 2. The lowest BCUT2D eigenvalue weighted by atomic mass is 10.6. The van der Waals surface area contributed by atoms with Gasteiger partial charge in [-0.3, -0.25) is 4.79 Å². The highest BCUT2D eigenvalue weighted by Crippen LogP contribution is 1.50. The molecule has 0 aromatic rings. The molecule has 3 N–H and O–H groups in total. The zero-order valence-electron chi connectivity index (χ0n) is 6.63. The molecule has 0 radical (unpaired) electrons. The van der Waals surface area contributed by atoms with E-state index in [1.807, 2.05) is 0 Å². The molecule has 0 fully saturated rings. The van der Waals surface area contributed by atoms with Crippen LogP contribution in [0, 0.1) is 0 Å². The third-order valence-corrected chi connectivity index (χ3v) is 0. The van der Waals surface area contributed by atoms with Crippen molar-refractivity contribution >= 4 is 12.2 Å². The minimum Gasteiger partial charge on any atom is -0.397 e. The summed E-state index contributed by atoms with van der Waals surface area (Å²) >= 11 is 0. The molecule has 1 amide bonds. The maximum absolute atomic E-state index is 9.44. The van der Waals surface area contributed by atoms with E-state index in [-0.39, 0.29) is 18.8 Å². The highest BCUT2D eigenvalue weighted by molar-refractivity contribution is 5.72. The van der Waals surface area contributed by atoms with E-state index in [1.54, 1.807) is 6.92 Å². The first-order chi connectivity index (χ1) is 4.56. The highest BCUT2D eigenvalue weighted by Gasteiger charge is 1.62. The molecule has 0 saturated heterocycles. The van der Waals surface area contributed by atoms with Gasteiger partial charge in [0, 0.05) is 6.61 Å². The quantitative estimate of drug-likeness (QED) is 0.464. The van der Waals surface area contributed by atoms with Crippen LogP contribution >= 0.6 is 0 Å². The molecule has 0 atom stereocenters. The van der Waals surface area contributed by atoms with Crippen LogP contribution in [0.4, 0.5) is 0 Å². The van der Waals surface area contributed by atoms with Crippen molar-refractivity contribution in [1.29, 1.82) is 0 Å². The Morgan fingerprint density at radius 1 is 1.60 bits per heavy atom. The van der Waals surface area contributed by atoms with E-state index in [4.69, 9.17) is 9.90 Å². The molecule has 0 unspecified atom stereocenters. The predicted octanol–water partition coefficient (Wildman–Crippen LogP) is -0.305. The van der Waals surface area contributed by atoms with Crippen LogP contribution in [0.5, 0.6) is 0 Å². The summed E-state index contributed by atoms with van der Waals surface area (Å²) in [7, 11) is 0. The number of carbonyl (C=O) groups excluding carboxylic acids is 2. The first kappa shape index (κ1) is 16.0. The summed E-state index contributed by atoms with van der Waals surface area (Å²) in [6, 6.07) is 0. The minimum absolute atomic E-state index is 0.167. The Morgan fingerprint density at radius 2 is 1.60 bits per heavy atom. The van der Waals surface area contributed by atoms with Crippen molar-refractivity contribution in [3.8, 4) is 0 Å². The van der Waals surface area contributed by atoms with Crippen molar-refractivity contribution in [2.75, 3.05) is 6.61 Å². The Labute approximate surface area is 61.0 Å². The number of Topliss-reactive ketones (excluding diaryl/α,β-unsaturated/α-hetero) is 1. The molecular formula is C6H15NO3. The molecule has 0 rings (SSSR count). The van der Waals surface area contributed by atoms with Crippen LogP contribution in [0.15, 0.2) is 0 Å². The molecule has 0 aliphatic carbocycles. The second-order valence-electron chi connectivity index (χ2n) is 1.36. The Kier molecular flexibility index (Phi) is 39.0. The Morgan fingerprint density at radius 3 is 1.60 bits per heavy atom. The summed E-state index contributed by atoms with van der Waals surface area (Å²) in [4.78, 5) is 18.0. The molecule has 0 aliphatic rings. The number of carbonyl (C=O) groups is 2. The van der Waals surface area contributed by atoms with E-state index in [1.165, 1.54) is 13.8 Å². The normalized spacial score (nSPS) is 5.60. The summed E-state index contributed by atoms with van der Waals surface area (Å²) in [6.07, 6.45) is 0.250. The molecule has 4 nitrogen and oxygen atoms in total. The van der Waals surface area contributed by atoms with Gasteiger partial charge in [-0.05, 0) is 20.8 Å². The number of amides is 1. The fraction of sp³-hybridized carbons (Fsp3) is 0.667. The van der Waals surface area contributed by atoms with Crippen molar-refractivity contribution < 1.29 is 14.7 Å².